The summed E-state index contributed by atoms with van der Waals surface area (Å²) >= 11 is 0.970. The van der Waals surface area contributed by atoms with Gasteiger partial charge in [0.05, 0.1) is 6.20 Å². The summed E-state index contributed by atoms with van der Waals surface area (Å²) in [7, 11) is -3.70. The quantitative estimate of drug-likeness (QED) is 0.836. The van der Waals surface area contributed by atoms with Gasteiger partial charge in [-0.25, -0.2) is 18.5 Å². The molecule has 0 aromatic carbocycles. The first-order chi connectivity index (χ1) is 9.97. The molecule has 1 saturated heterocycles. The van der Waals surface area contributed by atoms with Crippen LogP contribution in [0.4, 0.5) is 5.13 Å². The number of amides is 1. The molecule has 0 unspecified atom stereocenters. The lowest BCUT2D eigenvalue weighted by Gasteiger charge is -2.20. The van der Waals surface area contributed by atoms with Crippen LogP contribution in [0.25, 0.3) is 0 Å². The zero-order chi connectivity index (χ0) is 15.3. The number of nitrogens with one attached hydrogen (secondary N) is 1. The van der Waals surface area contributed by atoms with Crippen molar-refractivity contribution in [1.29, 1.82) is 0 Å². The number of likely N-dealkylation sites (tertiary alicyclic amines) is 1. The van der Waals surface area contributed by atoms with Gasteiger partial charge in [-0.05, 0) is 12.8 Å². The number of aromatic nitrogens is 1. The molecule has 0 atom stereocenters. The second kappa shape index (κ2) is 7.19. The van der Waals surface area contributed by atoms with Gasteiger partial charge >= 0.3 is 0 Å². The van der Waals surface area contributed by atoms with Crippen molar-refractivity contribution in [3.8, 4) is 0 Å². The number of hydrogen-bond acceptors (Lipinski definition) is 6. The van der Waals surface area contributed by atoms with Crippen molar-refractivity contribution < 1.29 is 13.2 Å². The summed E-state index contributed by atoms with van der Waals surface area (Å²) in [6.07, 6.45) is 6.13. The summed E-state index contributed by atoms with van der Waals surface area (Å²) in [6.45, 7) is 2.12. The van der Waals surface area contributed by atoms with E-state index in [1.807, 2.05) is 4.90 Å². The summed E-state index contributed by atoms with van der Waals surface area (Å²) in [5.41, 5.74) is 0. The predicted octanol–water partition coefficient (Wildman–Crippen LogP) is 0.995. The third kappa shape index (κ3) is 4.94. The van der Waals surface area contributed by atoms with Crippen LogP contribution < -0.4 is 10.5 Å². The zero-order valence-corrected chi connectivity index (χ0v) is 13.4. The Morgan fingerprint density at radius 2 is 2.00 bits per heavy atom. The standard InChI is InChI=1S/C12H20N4O3S2/c13-21(18,19)11-9-15-12(20-11)14-6-5-10(17)16-7-3-1-2-4-8-16/h9H,1-8H2,(H,14,15)(H2,13,18,19). The molecular weight excluding hydrogens is 312 g/mol. The van der Waals surface area contributed by atoms with Crippen LogP contribution in [-0.4, -0.2) is 43.8 Å². The highest BCUT2D eigenvalue weighted by molar-refractivity contribution is 7.91. The molecule has 1 aliphatic rings. The Labute approximate surface area is 128 Å². The van der Waals surface area contributed by atoms with Crippen molar-refractivity contribution in [1.82, 2.24) is 9.88 Å². The van der Waals surface area contributed by atoms with Crippen molar-refractivity contribution in [2.45, 2.75) is 36.3 Å². The van der Waals surface area contributed by atoms with E-state index < -0.39 is 10.0 Å². The molecule has 0 spiro atoms. The van der Waals surface area contributed by atoms with E-state index in [0.717, 1.165) is 37.3 Å². The smallest absolute Gasteiger partial charge is 0.249 e. The zero-order valence-electron chi connectivity index (χ0n) is 11.7. The van der Waals surface area contributed by atoms with E-state index in [0.29, 0.717) is 18.1 Å². The molecular formula is C12H20N4O3S2. The van der Waals surface area contributed by atoms with Gasteiger partial charge in [0.15, 0.2) is 9.34 Å². The van der Waals surface area contributed by atoms with Crippen LogP contribution in [0.15, 0.2) is 10.4 Å². The maximum atomic E-state index is 12.1. The Hall–Kier alpha value is -1.19. The summed E-state index contributed by atoms with van der Waals surface area (Å²) < 4.78 is 22.3. The van der Waals surface area contributed by atoms with Gasteiger partial charge in [0, 0.05) is 26.1 Å². The summed E-state index contributed by atoms with van der Waals surface area (Å²) in [4.78, 5) is 17.9. The van der Waals surface area contributed by atoms with Gasteiger partial charge in [-0.15, -0.1) is 0 Å². The second-order valence-corrected chi connectivity index (χ2v) is 7.82. The van der Waals surface area contributed by atoms with E-state index >= 15 is 0 Å². The van der Waals surface area contributed by atoms with Crippen LogP contribution in [0.2, 0.25) is 0 Å². The fraction of sp³-hybridized carbons (Fsp3) is 0.667. The molecule has 1 aliphatic heterocycles. The molecule has 118 valence electrons. The van der Waals surface area contributed by atoms with Crippen LogP contribution in [-0.2, 0) is 14.8 Å². The van der Waals surface area contributed by atoms with E-state index in [9.17, 15) is 13.2 Å². The minimum absolute atomic E-state index is 0.0174. The molecule has 1 aromatic heterocycles. The number of carbonyl (C=O) groups excluding carboxylic acids is 1. The Morgan fingerprint density at radius 1 is 1.33 bits per heavy atom. The summed E-state index contributed by atoms with van der Waals surface area (Å²) in [5.74, 6) is 0.132. The molecule has 9 heteroatoms. The molecule has 21 heavy (non-hydrogen) atoms. The van der Waals surface area contributed by atoms with Gasteiger partial charge in [0.25, 0.3) is 0 Å². The summed E-state index contributed by atoms with van der Waals surface area (Å²) in [5, 5.41) is 8.44. The Bertz CT molecular complexity index is 577. The number of thiazole rings is 1. The maximum Gasteiger partial charge on any atom is 0.249 e. The number of primary sulfonamides is 1. The number of sulfonamides is 1. The largest absolute Gasteiger partial charge is 0.361 e. The molecule has 0 radical (unpaired) electrons. The van der Waals surface area contributed by atoms with E-state index in [1.54, 1.807) is 0 Å². The number of nitrogens with zero attached hydrogens (tertiary/aromatic N) is 2. The number of nitrogens with two attached hydrogens (primary N) is 1. The molecule has 0 saturated carbocycles. The first-order valence-corrected chi connectivity index (χ1v) is 9.33. The maximum absolute atomic E-state index is 12.1. The molecule has 1 aromatic rings. The van der Waals surface area contributed by atoms with Gasteiger partial charge in [0.2, 0.25) is 15.9 Å². The van der Waals surface area contributed by atoms with Gasteiger partial charge in [-0.3, -0.25) is 4.79 Å². The van der Waals surface area contributed by atoms with Crippen molar-refractivity contribution in [3.05, 3.63) is 6.20 Å². The molecule has 2 rings (SSSR count). The van der Waals surface area contributed by atoms with Gasteiger partial charge in [-0.2, -0.15) is 0 Å². The third-order valence-corrected chi connectivity index (χ3v) is 5.70. The van der Waals surface area contributed by atoms with Crippen LogP contribution >= 0.6 is 11.3 Å². The van der Waals surface area contributed by atoms with Crippen molar-refractivity contribution >= 4 is 32.4 Å². The lowest BCUT2D eigenvalue weighted by molar-refractivity contribution is -0.130. The number of hydrogen-bond donors (Lipinski definition) is 2. The lowest BCUT2D eigenvalue weighted by Crippen LogP contribution is -2.32. The fourth-order valence-corrected chi connectivity index (χ4v) is 3.70. The third-order valence-electron chi connectivity index (χ3n) is 3.34. The molecule has 3 N–H and O–H groups in total. The SMILES string of the molecule is NS(=O)(=O)c1cnc(NCCC(=O)N2CCCCCC2)s1. The van der Waals surface area contributed by atoms with Crippen LogP contribution in [0.5, 0.6) is 0 Å². The van der Waals surface area contributed by atoms with Crippen LogP contribution in [0, 0.1) is 0 Å². The van der Waals surface area contributed by atoms with Gasteiger partial charge < -0.3 is 10.2 Å². The highest BCUT2D eigenvalue weighted by Gasteiger charge is 2.16. The molecule has 0 bridgehead atoms. The summed E-state index contributed by atoms with van der Waals surface area (Å²) in [6, 6.07) is 0. The minimum Gasteiger partial charge on any atom is -0.361 e. The lowest BCUT2D eigenvalue weighted by atomic mass is 10.2. The number of rotatable bonds is 5. The van der Waals surface area contributed by atoms with Gasteiger partial charge in [0.1, 0.15) is 0 Å². The van der Waals surface area contributed by atoms with Crippen LogP contribution in [0.3, 0.4) is 0 Å². The highest BCUT2D eigenvalue weighted by atomic mass is 32.2. The van der Waals surface area contributed by atoms with Crippen molar-refractivity contribution in [2.75, 3.05) is 25.0 Å². The fourth-order valence-electron chi connectivity index (χ4n) is 2.23. The van der Waals surface area contributed by atoms with E-state index in [-0.39, 0.29) is 10.1 Å². The first kappa shape index (κ1) is 16.2. The minimum atomic E-state index is -3.70. The molecule has 2 heterocycles. The second-order valence-electron chi connectivity index (χ2n) is 5.00. The van der Waals surface area contributed by atoms with E-state index in [1.165, 1.54) is 19.0 Å². The van der Waals surface area contributed by atoms with Gasteiger partial charge in [-0.1, -0.05) is 24.2 Å². The van der Waals surface area contributed by atoms with E-state index in [4.69, 9.17) is 5.14 Å². The topological polar surface area (TPSA) is 105 Å². The number of anilines is 1. The average Bonchev–Trinajstić information content (AvgIpc) is 2.73. The molecule has 0 aliphatic carbocycles. The predicted molar refractivity (Wildman–Crippen MR) is 81.6 cm³/mol. The average molecular weight is 332 g/mol. The van der Waals surface area contributed by atoms with E-state index in [2.05, 4.69) is 10.3 Å². The van der Waals surface area contributed by atoms with Crippen LogP contribution in [0.1, 0.15) is 32.1 Å². The molecule has 7 nitrogen and oxygen atoms in total. The Balaban J connectivity index is 1.78. The highest BCUT2D eigenvalue weighted by Crippen LogP contribution is 2.21. The number of carbonyl (C=O) groups is 1. The Morgan fingerprint density at radius 3 is 2.57 bits per heavy atom. The Kier molecular flexibility index (Phi) is 5.54. The van der Waals surface area contributed by atoms with Crippen molar-refractivity contribution in [3.63, 3.8) is 0 Å². The molecule has 1 fully saturated rings. The monoisotopic (exact) mass is 332 g/mol. The first-order valence-electron chi connectivity index (χ1n) is 6.97. The normalized spacial score (nSPS) is 16.5. The molecule has 1 amide bonds. The van der Waals surface area contributed by atoms with Crippen molar-refractivity contribution in [2.24, 2.45) is 5.14 Å².